The Kier molecular flexibility index (Phi) is 4.28. The van der Waals surface area contributed by atoms with Crippen LogP contribution in [0.5, 0.6) is 0 Å². The Hall–Kier alpha value is -1.55. The molecule has 0 radical (unpaired) electrons. The van der Waals surface area contributed by atoms with E-state index < -0.39 is 22.9 Å². The Morgan fingerprint density at radius 1 is 1.00 bits per heavy atom. The van der Waals surface area contributed by atoms with E-state index in [2.05, 4.69) is 0 Å². The lowest BCUT2D eigenvalue weighted by Gasteiger charge is -2.16. The highest BCUT2D eigenvalue weighted by Gasteiger charge is 2.34. The van der Waals surface area contributed by atoms with E-state index >= 15 is 0 Å². The molecule has 0 bridgehead atoms. The average molecular weight is 317 g/mol. The zero-order valence-electron chi connectivity index (χ0n) is 11.4. The lowest BCUT2D eigenvalue weighted by Crippen LogP contribution is -2.09. The molecule has 2 rings (SSSR count). The highest BCUT2D eigenvalue weighted by Crippen LogP contribution is 2.37. The Labute approximate surface area is 125 Å². The molecule has 0 N–H and O–H groups in total. The van der Waals surface area contributed by atoms with Crippen molar-refractivity contribution in [3.05, 3.63) is 70.0 Å². The minimum Gasteiger partial charge on any atom is -0.206 e. The van der Waals surface area contributed by atoms with Crippen LogP contribution in [0.15, 0.2) is 36.4 Å². The number of hydrogen-bond donors (Lipinski definition) is 0. The number of halogens is 5. The van der Waals surface area contributed by atoms with Crippen LogP contribution in [0.25, 0.3) is 0 Å². The molecular formula is C16H13ClF4. The predicted molar refractivity (Wildman–Crippen MR) is 75.0 cm³/mol. The second-order valence-electron chi connectivity index (χ2n) is 4.96. The Morgan fingerprint density at radius 3 is 2.29 bits per heavy atom. The number of aryl methyl sites for hydroxylation is 2. The topological polar surface area (TPSA) is 0 Å². The molecule has 2 aromatic carbocycles. The van der Waals surface area contributed by atoms with Crippen molar-refractivity contribution in [3.8, 4) is 0 Å². The van der Waals surface area contributed by atoms with Crippen LogP contribution >= 0.6 is 11.6 Å². The largest absolute Gasteiger partial charge is 0.419 e. The van der Waals surface area contributed by atoms with Gasteiger partial charge in [0.25, 0.3) is 0 Å². The van der Waals surface area contributed by atoms with Crippen molar-refractivity contribution in [2.24, 2.45) is 0 Å². The van der Waals surface area contributed by atoms with Crippen molar-refractivity contribution in [1.82, 2.24) is 0 Å². The third-order valence-electron chi connectivity index (χ3n) is 3.30. The average Bonchev–Trinajstić information content (AvgIpc) is 2.40. The molecule has 1 unspecified atom stereocenters. The Bertz CT molecular complexity index is 662. The first kappa shape index (κ1) is 15.8. The Balaban J connectivity index is 2.49. The minimum atomic E-state index is -4.74. The van der Waals surface area contributed by atoms with Gasteiger partial charge in [-0.3, -0.25) is 0 Å². The molecule has 112 valence electrons. The van der Waals surface area contributed by atoms with Gasteiger partial charge in [0.05, 0.1) is 10.9 Å². The Morgan fingerprint density at radius 2 is 1.67 bits per heavy atom. The summed E-state index contributed by atoms with van der Waals surface area (Å²) in [6.07, 6.45) is -4.74. The van der Waals surface area contributed by atoms with Crippen molar-refractivity contribution in [3.63, 3.8) is 0 Å². The summed E-state index contributed by atoms with van der Waals surface area (Å²) < 4.78 is 51.6. The lowest BCUT2D eigenvalue weighted by molar-refractivity contribution is -0.140. The molecule has 0 nitrogen and oxygen atoms in total. The molecule has 0 saturated carbocycles. The van der Waals surface area contributed by atoms with E-state index in [1.807, 2.05) is 32.0 Å². The molecule has 5 heteroatoms. The van der Waals surface area contributed by atoms with Crippen molar-refractivity contribution in [2.45, 2.75) is 25.4 Å². The van der Waals surface area contributed by atoms with Gasteiger partial charge < -0.3 is 0 Å². The van der Waals surface area contributed by atoms with Crippen LogP contribution in [0.4, 0.5) is 17.6 Å². The van der Waals surface area contributed by atoms with Crippen LogP contribution in [0, 0.1) is 19.7 Å². The number of benzene rings is 2. The molecule has 0 aliphatic rings. The lowest BCUT2D eigenvalue weighted by atomic mass is 9.97. The van der Waals surface area contributed by atoms with Gasteiger partial charge in [0.2, 0.25) is 0 Å². The van der Waals surface area contributed by atoms with Crippen LogP contribution in [0.1, 0.15) is 33.2 Å². The zero-order valence-corrected chi connectivity index (χ0v) is 12.2. The van der Waals surface area contributed by atoms with Crippen LogP contribution in [-0.4, -0.2) is 0 Å². The van der Waals surface area contributed by atoms with Gasteiger partial charge in [-0.25, -0.2) is 4.39 Å². The fraction of sp³-hybridized carbons (Fsp3) is 0.250. The molecule has 0 saturated heterocycles. The molecule has 1 atom stereocenters. The van der Waals surface area contributed by atoms with Gasteiger partial charge in [-0.2, -0.15) is 13.2 Å². The van der Waals surface area contributed by atoms with Gasteiger partial charge in [-0.1, -0.05) is 29.8 Å². The normalized spacial score (nSPS) is 13.3. The van der Waals surface area contributed by atoms with Crippen LogP contribution in [0.3, 0.4) is 0 Å². The monoisotopic (exact) mass is 316 g/mol. The summed E-state index contributed by atoms with van der Waals surface area (Å²) in [7, 11) is 0. The molecule has 0 heterocycles. The number of rotatable bonds is 2. The molecule has 0 aromatic heterocycles. The number of alkyl halides is 4. The molecule has 0 aliphatic carbocycles. The second-order valence-corrected chi connectivity index (χ2v) is 5.40. The first-order valence-electron chi connectivity index (χ1n) is 6.28. The van der Waals surface area contributed by atoms with E-state index in [9.17, 15) is 17.6 Å². The van der Waals surface area contributed by atoms with Crippen molar-refractivity contribution >= 4 is 11.6 Å². The maximum Gasteiger partial charge on any atom is 0.419 e. The molecule has 0 fully saturated rings. The third-order valence-corrected chi connectivity index (χ3v) is 3.78. The molecule has 0 amide bonds. The summed E-state index contributed by atoms with van der Waals surface area (Å²) >= 11 is 6.29. The first-order chi connectivity index (χ1) is 9.70. The highest BCUT2D eigenvalue weighted by molar-refractivity contribution is 6.22. The van der Waals surface area contributed by atoms with E-state index in [4.69, 9.17) is 11.6 Å². The molecule has 0 spiro atoms. The summed E-state index contributed by atoms with van der Waals surface area (Å²) in [5.74, 6) is -1.30. The van der Waals surface area contributed by atoms with Crippen molar-refractivity contribution in [2.75, 3.05) is 0 Å². The molecule has 21 heavy (non-hydrogen) atoms. The quantitative estimate of drug-likeness (QED) is 0.486. The molecular weight excluding hydrogens is 304 g/mol. The van der Waals surface area contributed by atoms with Crippen molar-refractivity contribution in [1.29, 1.82) is 0 Å². The summed E-state index contributed by atoms with van der Waals surface area (Å²) in [5, 5.41) is -0.758. The molecule has 2 aromatic rings. The van der Waals surface area contributed by atoms with Crippen LogP contribution in [0.2, 0.25) is 0 Å². The van der Waals surface area contributed by atoms with Crippen LogP contribution in [-0.2, 0) is 6.18 Å². The smallest absolute Gasteiger partial charge is 0.206 e. The highest BCUT2D eigenvalue weighted by atomic mass is 35.5. The second kappa shape index (κ2) is 5.68. The summed E-state index contributed by atoms with van der Waals surface area (Å²) in [4.78, 5) is 0. The van der Waals surface area contributed by atoms with Gasteiger partial charge in [0.1, 0.15) is 5.82 Å². The zero-order chi connectivity index (χ0) is 15.8. The van der Waals surface area contributed by atoms with E-state index in [1.165, 1.54) is 6.07 Å². The fourth-order valence-corrected chi connectivity index (χ4v) is 2.50. The SMILES string of the molecule is Cc1ccc(C)c(C(Cl)c2ccc(F)c(C(F)(F)F)c2)c1. The predicted octanol–water partition coefficient (Wildman–Crippen LogP) is 5.79. The third kappa shape index (κ3) is 3.38. The van der Waals surface area contributed by atoms with Gasteiger partial charge in [0, 0.05) is 0 Å². The van der Waals surface area contributed by atoms with E-state index in [1.54, 1.807) is 0 Å². The minimum absolute atomic E-state index is 0.221. The van der Waals surface area contributed by atoms with E-state index in [-0.39, 0.29) is 5.56 Å². The summed E-state index contributed by atoms with van der Waals surface area (Å²) in [5.41, 5.74) is 1.48. The first-order valence-corrected chi connectivity index (χ1v) is 6.71. The fourth-order valence-electron chi connectivity index (χ4n) is 2.13. The van der Waals surface area contributed by atoms with Gasteiger partial charge in [0.15, 0.2) is 0 Å². The van der Waals surface area contributed by atoms with Crippen molar-refractivity contribution < 1.29 is 17.6 Å². The maximum absolute atomic E-state index is 13.3. The van der Waals surface area contributed by atoms with E-state index in [0.717, 1.165) is 28.8 Å². The summed E-state index contributed by atoms with van der Waals surface area (Å²) in [6.45, 7) is 3.71. The van der Waals surface area contributed by atoms with Gasteiger partial charge in [-0.15, -0.1) is 11.6 Å². The van der Waals surface area contributed by atoms with Gasteiger partial charge in [-0.05, 0) is 42.7 Å². The number of hydrogen-bond acceptors (Lipinski definition) is 0. The molecule has 0 aliphatic heterocycles. The maximum atomic E-state index is 13.3. The van der Waals surface area contributed by atoms with E-state index in [0.29, 0.717) is 0 Å². The van der Waals surface area contributed by atoms with Gasteiger partial charge >= 0.3 is 6.18 Å². The van der Waals surface area contributed by atoms with Crippen LogP contribution < -0.4 is 0 Å². The standard InChI is InChI=1S/C16H13ClF4/c1-9-3-4-10(2)12(7-9)15(17)11-5-6-14(18)13(8-11)16(19,20)21/h3-8,15H,1-2H3. The summed E-state index contributed by atoms with van der Waals surface area (Å²) in [6, 6.07) is 8.43.